The maximum absolute atomic E-state index is 13.3. The van der Waals surface area contributed by atoms with Gasteiger partial charge in [-0.25, -0.2) is 9.69 Å². The fraction of sp³-hybridized carbons (Fsp3) is 0.0667. The van der Waals surface area contributed by atoms with Gasteiger partial charge in [-0.2, -0.15) is 13.2 Å². The molecule has 0 spiro atoms. The van der Waals surface area contributed by atoms with E-state index < -0.39 is 47.1 Å². The quantitative estimate of drug-likeness (QED) is 0.130. The van der Waals surface area contributed by atoms with Gasteiger partial charge in [0.2, 0.25) is 5.78 Å². The van der Waals surface area contributed by atoms with E-state index in [1.54, 1.807) is 30.3 Å². The minimum absolute atomic E-state index is 0.144. The van der Waals surface area contributed by atoms with Crippen molar-refractivity contribution in [2.24, 2.45) is 0 Å². The summed E-state index contributed by atoms with van der Waals surface area (Å²) in [4.78, 5) is 53.3. The normalized spacial score (nSPS) is 13.6. The number of benzene rings is 4. The first-order chi connectivity index (χ1) is 19.5. The molecule has 6 nitrogen and oxygen atoms in total. The number of nitrogens with zero attached hydrogens (tertiary/aromatic N) is 1. The molecule has 1 aliphatic heterocycles. The summed E-state index contributed by atoms with van der Waals surface area (Å²) in [6.45, 7) is 0. The molecule has 4 aromatic rings. The molecule has 0 fully saturated rings. The van der Waals surface area contributed by atoms with Crippen molar-refractivity contribution < 1.29 is 37.1 Å². The summed E-state index contributed by atoms with van der Waals surface area (Å²) in [6.07, 6.45) is -6.11. The molecule has 0 N–H and O–H groups in total. The van der Waals surface area contributed by atoms with E-state index in [9.17, 15) is 32.3 Å². The van der Waals surface area contributed by atoms with Crippen molar-refractivity contribution in [2.75, 3.05) is 4.90 Å². The Labute approximate surface area is 240 Å². The van der Waals surface area contributed by atoms with Gasteiger partial charge in [0.05, 0.1) is 33.0 Å². The molecule has 5 rings (SSSR count). The Hall–Kier alpha value is -4.47. The standard InChI is InChI=1S/C30H16Cl2F3NO5/c31-20-10-6-17(7-11-20)26(25(37)16-4-2-1-3-5-16)41-29(40)18-8-12-21-22(14-18)28(39)36(27(21)38)24-15-19(30(33,34)35)9-13-23(24)32/h1-15,26H/t26-/m0/s1. The Bertz CT molecular complexity index is 1710. The Balaban J connectivity index is 1.46. The number of hydrogen-bond donors (Lipinski definition) is 0. The molecule has 41 heavy (non-hydrogen) atoms. The van der Waals surface area contributed by atoms with E-state index in [1.165, 1.54) is 36.4 Å². The monoisotopic (exact) mass is 597 g/mol. The Morgan fingerprint density at radius 1 is 0.756 bits per heavy atom. The number of ketones is 1. The van der Waals surface area contributed by atoms with Crippen molar-refractivity contribution in [3.63, 3.8) is 0 Å². The first-order valence-corrected chi connectivity index (χ1v) is 12.7. The minimum Gasteiger partial charge on any atom is -0.445 e. The molecule has 0 unspecified atom stereocenters. The third-order valence-electron chi connectivity index (χ3n) is 6.33. The first-order valence-electron chi connectivity index (χ1n) is 11.9. The third kappa shape index (κ3) is 5.46. The molecule has 0 saturated carbocycles. The fourth-order valence-corrected chi connectivity index (χ4v) is 4.61. The molecule has 1 heterocycles. The van der Waals surface area contributed by atoms with E-state index in [2.05, 4.69) is 0 Å². The number of amides is 2. The molecule has 11 heteroatoms. The van der Waals surface area contributed by atoms with Crippen LogP contribution in [0.15, 0.2) is 91.0 Å². The third-order valence-corrected chi connectivity index (χ3v) is 6.90. The predicted octanol–water partition coefficient (Wildman–Crippen LogP) is 7.59. The summed E-state index contributed by atoms with van der Waals surface area (Å²) in [5.74, 6) is -3.38. The fourth-order valence-electron chi connectivity index (χ4n) is 4.29. The molecule has 0 aliphatic carbocycles. The highest BCUT2D eigenvalue weighted by Gasteiger charge is 2.40. The van der Waals surface area contributed by atoms with E-state index in [-0.39, 0.29) is 27.3 Å². The molecular weight excluding hydrogens is 582 g/mol. The van der Waals surface area contributed by atoms with Gasteiger partial charge in [-0.1, -0.05) is 65.7 Å². The highest BCUT2D eigenvalue weighted by molar-refractivity contribution is 6.40. The summed E-state index contributed by atoms with van der Waals surface area (Å²) in [7, 11) is 0. The minimum atomic E-state index is -4.74. The van der Waals surface area contributed by atoms with Crippen molar-refractivity contribution in [1.29, 1.82) is 0 Å². The molecule has 206 valence electrons. The van der Waals surface area contributed by atoms with Gasteiger partial charge in [-0.3, -0.25) is 14.4 Å². The molecule has 2 amide bonds. The second-order valence-corrected chi connectivity index (χ2v) is 9.78. The van der Waals surface area contributed by atoms with Crippen LogP contribution in [0.25, 0.3) is 0 Å². The van der Waals surface area contributed by atoms with Crippen LogP contribution < -0.4 is 4.90 Å². The number of esters is 1. The van der Waals surface area contributed by atoms with E-state index >= 15 is 0 Å². The number of fused-ring (bicyclic) bond motifs is 1. The van der Waals surface area contributed by atoms with E-state index in [0.29, 0.717) is 21.6 Å². The predicted molar refractivity (Wildman–Crippen MR) is 144 cm³/mol. The Morgan fingerprint density at radius 3 is 2.07 bits per heavy atom. The Kier molecular flexibility index (Phi) is 7.42. The number of anilines is 1. The zero-order chi connectivity index (χ0) is 29.5. The number of hydrogen-bond acceptors (Lipinski definition) is 5. The topological polar surface area (TPSA) is 80.8 Å². The van der Waals surface area contributed by atoms with Gasteiger partial charge in [-0.15, -0.1) is 0 Å². The molecule has 4 aromatic carbocycles. The molecule has 0 bridgehead atoms. The largest absolute Gasteiger partial charge is 0.445 e. The van der Waals surface area contributed by atoms with Crippen LogP contribution in [0.5, 0.6) is 0 Å². The number of imide groups is 1. The van der Waals surface area contributed by atoms with Crippen molar-refractivity contribution >= 4 is 52.5 Å². The van der Waals surface area contributed by atoms with Crippen LogP contribution in [0.4, 0.5) is 18.9 Å². The van der Waals surface area contributed by atoms with Crippen molar-refractivity contribution in [3.8, 4) is 0 Å². The molecule has 0 radical (unpaired) electrons. The molecule has 0 saturated heterocycles. The van der Waals surface area contributed by atoms with Gasteiger partial charge in [0.25, 0.3) is 11.8 Å². The highest BCUT2D eigenvalue weighted by atomic mass is 35.5. The summed E-state index contributed by atoms with van der Waals surface area (Å²) in [6, 6.07) is 20.0. The van der Waals surface area contributed by atoms with Crippen LogP contribution >= 0.6 is 23.2 Å². The number of halogens is 5. The second kappa shape index (κ2) is 10.8. The summed E-state index contributed by atoms with van der Waals surface area (Å²) >= 11 is 12.0. The lowest BCUT2D eigenvalue weighted by molar-refractivity contribution is -0.137. The van der Waals surface area contributed by atoms with Crippen LogP contribution in [0.2, 0.25) is 10.0 Å². The molecule has 0 aromatic heterocycles. The van der Waals surface area contributed by atoms with Crippen molar-refractivity contribution in [1.82, 2.24) is 0 Å². The maximum Gasteiger partial charge on any atom is 0.416 e. The van der Waals surface area contributed by atoms with Gasteiger partial charge in [0.15, 0.2) is 6.10 Å². The lowest BCUT2D eigenvalue weighted by atomic mass is 9.99. The molecular formula is C30H16Cl2F3NO5. The number of Topliss-reactive ketones (excluding diaryl/α,β-unsaturated/α-hetero) is 1. The summed E-state index contributed by atoms with van der Waals surface area (Å²) in [5, 5.41) is 0.149. The molecule has 1 atom stereocenters. The van der Waals surface area contributed by atoms with Gasteiger partial charge >= 0.3 is 12.1 Å². The number of rotatable bonds is 6. The first kappa shape index (κ1) is 28.1. The van der Waals surface area contributed by atoms with Gasteiger partial charge in [0, 0.05) is 16.1 Å². The number of carbonyl (C=O) groups excluding carboxylic acids is 4. The highest BCUT2D eigenvalue weighted by Crippen LogP contribution is 2.39. The lowest BCUT2D eigenvalue weighted by Gasteiger charge is -2.18. The molecule has 1 aliphatic rings. The van der Waals surface area contributed by atoms with Crippen molar-refractivity contribution in [2.45, 2.75) is 12.3 Å². The average molecular weight is 598 g/mol. The SMILES string of the molecule is O=C(O[C@H](C(=O)c1ccccc1)c1ccc(Cl)cc1)c1ccc2c(c1)C(=O)N(c1cc(C(F)(F)F)ccc1Cl)C2=O. The average Bonchev–Trinajstić information content (AvgIpc) is 3.20. The van der Waals surface area contributed by atoms with E-state index in [4.69, 9.17) is 27.9 Å². The van der Waals surface area contributed by atoms with Crippen LogP contribution in [0, 0.1) is 0 Å². The second-order valence-electron chi connectivity index (χ2n) is 8.94. The van der Waals surface area contributed by atoms with Crippen LogP contribution in [0.1, 0.15) is 58.7 Å². The van der Waals surface area contributed by atoms with Crippen molar-refractivity contribution in [3.05, 3.63) is 134 Å². The van der Waals surface area contributed by atoms with Crippen LogP contribution in [0.3, 0.4) is 0 Å². The van der Waals surface area contributed by atoms with Gasteiger partial charge in [-0.05, 0) is 48.5 Å². The number of carbonyl (C=O) groups is 4. The van der Waals surface area contributed by atoms with E-state index in [0.717, 1.165) is 18.2 Å². The smallest absolute Gasteiger partial charge is 0.416 e. The van der Waals surface area contributed by atoms with Crippen LogP contribution in [-0.4, -0.2) is 23.6 Å². The Morgan fingerprint density at radius 2 is 1.41 bits per heavy atom. The van der Waals surface area contributed by atoms with Gasteiger partial charge in [0.1, 0.15) is 0 Å². The summed E-state index contributed by atoms with van der Waals surface area (Å²) < 4.78 is 45.4. The van der Waals surface area contributed by atoms with Crippen LogP contribution in [-0.2, 0) is 10.9 Å². The lowest BCUT2D eigenvalue weighted by Crippen LogP contribution is -2.30. The summed E-state index contributed by atoms with van der Waals surface area (Å²) in [5.41, 5.74) is -1.48. The zero-order valence-corrected chi connectivity index (χ0v) is 22.1. The zero-order valence-electron chi connectivity index (χ0n) is 20.6. The van der Waals surface area contributed by atoms with Gasteiger partial charge < -0.3 is 4.74 Å². The number of alkyl halides is 3. The van der Waals surface area contributed by atoms with E-state index in [1.807, 2.05) is 0 Å². The number of ether oxygens (including phenoxy) is 1. The maximum atomic E-state index is 13.3.